The Balaban J connectivity index is 1.42. The summed E-state index contributed by atoms with van der Waals surface area (Å²) in [5.74, 6) is 2.28. The van der Waals surface area contributed by atoms with Crippen molar-refractivity contribution in [1.82, 2.24) is 10.6 Å². The van der Waals surface area contributed by atoms with Crippen molar-refractivity contribution in [2.45, 2.75) is 44.6 Å². The normalized spacial score (nSPS) is 35.5. The number of amides is 1. The lowest BCUT2D eigenvalue weighted by molar-refractivity contribution is -0.126. The molecule has 90 valence electrons. The van der Waals surface area contributed by atoms with Gasteiger partial charge in [0.25, 0.3) is 0 Å². The largest absolute Gasteiger partial charge is 0.353 e. The molecular weight excluding hydrogens is 200 g/mol. The van der Waals surface area contributed by atoms with Crippen LogP contribution in [0.2, 0.25) is 0 Å². The van der Waals surface area contributed by atoms with Crippen LogP contribution in [-0.4, -0.2) is 25.0 Å². The van der Waals surface area contributed by atoms with Gasteiger partial charge in [-0.2, -0.15) is 0 Å². The third kappa shape index (κ3) is 2.10. The van der Waals surface area contributed by atoms with Crippen LogP contribution in [0, 0.1) is 17.8 Å². The van der Waals surface area contributed by atoms with Crippen molar-refractivity contribution in [1.29, 1.82) is 0 Å². The van der Waals surface area contributed by atoms with Gasteiger partial charge in [0.2, 0.25) is 5.91 Å². The van der Waals surface area contributed by atoms with E-state index >= 15 is 0 Å². The Bertz CT molecular complexity index is 269. The number of carbonyl (C=O) groups is 1. The summed E-state index contributed by atoms with van der Waals surface area (Å²) in [6, 6.07) is 0.524. The molecule has 1 amide bonds. The third-order valence-corrected chi connectivity index (χ3v) is 4.58. The molecule has 0 radical (unpaired) electrons. The van der Waals surface area contributed by atoms with Crippen molar-refractivity contribution in [3.8, 4) is 0 Å². The SMILES string of the molecule is O=C(NC1CC1C1CCCCC1)C1CNC1. The van der Waals surface area contributed by atoms with Gasteiger partial charge < -0.3 is 10.6 Å². The van der Waals surface area contributed by atoms with Gasteiger partial charge >= 0.3 is 0 Å². The zero-order valence-corrected chi connectivity index (χ0v) is 9.87. The molecule has 0 spiro atoms. The van der Waals surface area contributed by atoms with E-state index in [1.54, 1.807) is 0 Å². The molecule has 2 atom stereocenters. The second-order valence-corrected chi connectivity index (χ2v) is 5.77. The van der Waals surface area contributed by atoms with Crippen LogP contribution in [0.25, 0.3) is 0 Å². The van der Waals surface area contributed by atoms with Gasteiger partial charge in [-0.05, 0) is 18.3 Å². The summed E-state index contributed by atoms with van der Waals surface area (Å²) in [5, 5.41) is 6.37. The minimum absolute atomic E-state index is 0.257. The number of hydrogen-bond acceptors (Lipinski definition) is 2. The van der Waals surface area contributed by atoms with Crippen LogP contribution in [-0.2, 0) is 4.79 Å². The first-order valence-electron chi connectivity index (χ1n) is 6.85. The van der Waals surface area contributed by atoms with Crippen LogP contribution in [0.4, 0.5) is 0 Å². The predicted molar refractivity (Wildman–Crippen MR) is 63.0 cm³/mol. The van der Waals surface area contributed by atoms with E-state index < -0.39 is 0 Å². The van der Waals surface area contributed by atoms with E-state index in [9.17, 15) is 4.79 Å². The molecule has 3 rings (SSSR count). The molecule has 2 N–H and O–H groups in total. The Morgan fingerprint density at radius 3 is 2.50 bits per heavy atom. The number of hydrogen-bond donors (Lipinski definition) is 2. The topological polar surface area (TPSA) is 41.1 Å². The lowest BCUT2D eigenvalue weighted by Crippen LogP contribution is -2.51. The summed E-state index contributed by atoms with van der Waals surface area (Å²) < 4.78 is 0. The van der Waals surface area contributed by atoms with Gasteiger partial charge in [-0.15, -0.1) is 0 Å². The zero-order chi connectivity index (χ0) is 11.0. The molecule has 0 aromatic carbocycles. The fraction of sp³-hybridized carbons (Fsp3) is 0.923. The smallest absolute Gasteiger partial charge is 0.225 e. The molecule has 0 aromatic rings. The van der Waals surface area contributed by atoms with Gasteiger partial charge in [-0.25, -0.2) is 0 Å². The molecule has 3 aliphatic rings. The summed E-state index contributed by atoms with van der Waals surface area (Å²) in [4.78, 5) is 11.8. The molecule has 2 saturated carbocycles. The van der Waals surface area contributed by atoms with E-state index in [-0.39, 0.29) is 5.92 Å². The Labute approximate surface area is 97.4 Å². The zero-order valence-electron chi connectivity index (χ0n) is 9.87. The molecule has 0 aromatic heterocycles. The molecule has 3 heteroatoms. The molecule has 0 bridgehead atoms. The minimum atomic E-state index is 0.257. The third-order valence-electron chi connectivity index (χ3n) is 4.58. The number of rotatable bonds is 3. The quantitative estimate of drug-likeness (QED) is 0.755. The van der Waals surface area contributed by atoms with Gasteiger partial charge in [0.05, 0.1) is 5.92 Å². The summed E-state index contributed by atoms with van der Waals surface area (Å²) in [5.41, 5.74) is 0. The minimum Gasteiger partial charge on any atom is -0.353 e. The second-order valence-electron chi connectivity index (χ2n) is 5.77. The van der Waals surface area contributed by atoms with Gasteiger partial charge in [0, 0.05) is 19.1 Å². The average Bonchev–Trinajstić information content (AvgIpc) is 2.96. The van der Waals surface area contributed by atoms with Gasteiger partial charge in [0.1, 0.15) is 0 Å². The summed E-state index contributed by atoms with van der Waals surface area (Å²) in [7, 11) is 0. The Morgan fingerprint density at radius 1 is 1.12 bits per heavy atom. The fourth-order valence-electron chi connectivity index (χ4n) is 3.24. The van der Waals surface area contributed by atoms with Crippen LogP contribution < -0.4 is 10.6 Å². The maximum Gasteiger partial charge on any atom is 0.225 e. The van der Waals surface area contributed by atoms with E-state index in [0.29, 0.717) is 11.9 Å². The van der Waals surface area contributed by atoms with E-state index in [1.165, 1.54) is 38.5 Å². The summed E-state index contributed by atoms with van der Waals surface area (Å²) in [6.45, 7) is 1.76. The van der Waals surface area contributed by atoms with Crippen molar-refractivity contribution in [2.75, 3.05) is 13.1 Å². The first-order valence-corrected chi connectivity index (χ1v) is 6.85. The van der Waals surface area contributed by atoms with Crippen LogP contribution >= 0.6 is 0 Å². The van der Waals surface area contributed by atoms with Crippen LogP contribution in [0.3, 0.4) is 0 Å². The van der Waals surface area contributed by atoms with Crippen molar-refractivity contribution in [3.05, 3.63) is 0 Å². The molecule has 1 aliphatic heterocycles. The predicted octanol–water partition coefficient (Wildman–Crippen LogP) is 1.29. The van der Waals surface area contributed by atoms with Crippen LogP contribution in [0.1, 0.15) is 38.5 Å². The molecule has 2 unspecified atom stereocenters. The van der Waals surface area contributed by atoms with Gasteiger partial charge in [0.15, 0.2) is 0 Å². The van der Waals surface area contributed by atoms with E-state index in [0.717, 1.165) is 24.9 Å². The monoisotopic (exact) mass is 222 g/mol. The highest BCUT2D eigenvalue weighted by atomic mass is 16.2. The highest BCUT2D eigenvalue weighted by molar-refractivity contribution is 5.80. The molecule has 3 fully saturated rings. The average molecular weight is 222 g/mol. The molecule has 16 heavy (non-hydrogen) atoms. The van der Waals surface area contributed by atoms with Gasteiger partial charge in [-0.1, -0.05) is 32.1 Å². The van der Waals surface area contributed by atoms with Crippen molar-refractivity contribution >= 4 is 5.91 Å². The van der Waals surface area contributed by atoms with E-state index in [1.807, 2.05) is 0 Å². The molecule has 3 nitrogen and oxygen atoms in total. The first kappa shape index (κ1) is 10.6. The highest BCUT2D eigenvalue weighted by Crippen LogP contribution is 2.44. The van der Waals surface area contributed by atoms with Gasteiger partial charge in [-0.3, -0.25) is 4.79 Å². The van der Waals surface area contributed by atoms with Crippen LogP contribution in [0.15, 0.2) is 0 Å². The van der Waals surface area contributed by atoms with Crippen molar-refractivity contribution in [3.63, 3.8) is 0 Å². The molecule has 1 saturated heterocycles. The van der Waals surface area contributed by atoms with Crippen molar-refractivity contribution < 1.29 is 4.79 Å². The number of nitrogens with one attached hydrogen (secondary N) is 2. The Morgan fingerprint density at radius 2 is 1.88 bits per heavy atom. The molecule has 2 aliphatic carbocycles. The Kier molecular flexibility index (Phi) is 2.88. The summed E-state index contributed by atoms with van der Waals surface area (Å²) >= 11 is 0. The van der Waals surface area contributed by atoms with E-state index in [4.69, 9.17) is 0 Å². The Hall–Kier alpha value is -0.570. The summed E-state index contributed by atoms with van der Waals surface area (Å²) in [6.07, 6.45) is 8.30. The maximum atomic E-state index is 11.8. The number of carbonyl (C=O) groups excluding carboxylic acids is 1. The lowest BCUT2D eigenvalue weighted by Gasteiger charge is -2.26. The fourth-order valence-corrected chi connectivity index (χ4v) is 3.24. The maximum absolute atomic E-state index is 11.8. The van der Waals surface area contributed by atoms with Crippen LogP contribution in [0.5, 0.6) is 0 Å². The first-order chi connectivity index (χ1) is 7.84. The molecule has 1 heterocycles. The van der Waals surface area contributed by atoms with E-state index in [2.05, 4.69) is 10.6 Å². The van der Waals surface area contributed by atoms with Crippen molar-refractivity contribution in [2.24, 2.45) is 17.8 Å². The lowest BCUT2D eigenvalue weighted by atomic mass is 9.85. The second kappa shape index (κ2) is 4.36. The standard InChI is InChI=1S/C13H22N2O/c16-13(10-7-14-8-10)15-12-6-11(12)9-4-2-1-3-5-9/h9-12,14H,1-8H2,(H,15,16). The molecular formula is C13H22N2O. The highest BCUT2D eigenvalue weighted by Gasteiger charge is 2.44.